The Labute approximate surface area is 304 Å². The highest BCUT2D eigenvalue weighted by molar-refractivity contribution is 7.47. The van der Waals surface area contributed by atoms with Gasteiger partial charge in [0.05, 0.1) is 34.4 Å². The van der Waals surface area contributed by atoms with Gasteiger partial charge < -0.3 is 18.9 Å². The third-order valence-electron chi connectivity index (χ3n) is 9.17. The molecule has 0 radical (unpaired) electrons. The van der Waals surface area contributed by atoms with Crippen molar-refractivity contribution in [3.05, 3.63) is 0 Å². The Hall–Kier alpha value is -0.500. The van der Waals surface area contributed by atoms with Gasteiger partial charge in [0.2, 0.25) is 0 Å². The second kappa shape index (κ2) is 34.6. The highest BCUT2D eigenvalue weighted by Crippen LogP contribution is 2.43. The van der Waals surface area contributed by atoms with Gasteiger partial charge in [0.25, 0.3) is 0 Å². The van der Waals surface area contributed by atoms with E-state index in [4.69, 9.17) is 18.5 Å². The van der Waals surface area contributed by atoms with Gasteiger partial charge in [0.15, 0.2) is 0 Å². The molecule has 0 bridgehead atoms. The quantitative estimate of drug-likeness (QED) is 0.0292. The summed E-state index contributed by atoms with van der Waals surface area (Å²) in [5.41, 5.74) is 0. The van der Waals surface area contributed by atoms with Gasteiger partial charge in [-0.15, -0.1) is 0 Å². The van der Waals surface area contributed by atoms with Crippen LogP contribution in [0.3, 0.4) is 0 Å². The molecule has 0 saturated carbocycles. The summed E-state index contributed by atoms with van der Waals surface area (Å²) in [6.45, 7) is 5.60. The summed E-state index contributed by atoms with van der Waals surface area (Å²) in [6, 6.07) is 0. The lowest BCUT2D eigenvalue weighted by Gasteiger charge is -2.24. The largest absolute Gasteiger partial charge is 0.472 e. The number of likely N-dealkylation sites (N-methyl/N-ethyl adjacent to an activating group) is 1. The molecule has 0 saturated heterocycles. The molecule has 0 rings (SSSR count). The van der Waals surface area contributed by atoms with Crippen LogP contribution in [-0.2, 0) is 27.9 Å². The standard InChI is InChI=1S/C40H82NO7P/c1-6-8-10-12-14-15-16-17-18-19-20-21-22-23-24-25-26-27-28-30-32-35-45-37-39(48-40(42)33-31-29-13-11-9-7-2)38-47-49(43,44)46-36-34-41(3,4)5/h39H,6-38H2,1-5H3/p+1. The maximum Gasteiger partial charge on any atom is 0.472 e. The zero-order valence-corrected chi connectivity index (χ0v) is 34.1. The number of hydrogen-bond acceptors (Lipinski definition) is 6. The monoisotopic (exact) mass is 721 g/mol. The summed E-state index contributed by atoms with van der Waals surface area (Å²) in [5, 5.41) is 0. The van der Waals surface area contributed by atoms with E-state index in [2.05, 4.69) is 13.8 Å². The maximum atomic E-state index is 12.5. The van der Waals surface area contributed by atoms with Gasteiger partial charge in [-0.3, -0.25) is 13.8 Å². The zero-order valence-electron chi connectivity index (χ0n) is 33.2. The molecule has 294 valence electrons. The number of nitrogens with zero attached hydrogens (tertiary/aromatic N) is 1. The topological polar surface area (TPSA) is 91.3 Å². The van der Waals surface area contributed by atoms with Gasteiger partial charge in [0.1, 0.15) is 19.3 Å². The van der Waals surface area contributed by atoms with Crippen molar-refractivity contribution in [2.45, 2.75) is 200 Å². The first-order valence-electron chi connectivity index (χ1n) is 20.8. The first kappa shape index (κ1) is 48.5. The van der Waals surface area contributed by atoms with Gasteiger partial charge in [-0.05, 0) is 12.8 Å². The van der Waals surface area contributed by atoms with E-state index in [0.29, 0.717) is 24.1 Å². The van der Waals surface area contributed by atoms with Crippen molar-refractivity contribution in [3.63, 3.8) is 0 Å². The van der Waals surface area contributed by atoms with Crippen molar-refractivity contribution in [1.29, 1.82) is 0 Å². The third-order valence-corrected chi connectivity index (χ3v) is 10.2. The molecule has 0 spiro atoms. The van der Waals surface area contributed by atoms with Gasteiger partial charge in [0, 0.05) is 13.0 Å². The minimum atomic E-state index is -4.25. The Balaban J connectivity index is 3.97. The van der Waals surface area contributed by atoms with E-state index in [1.165, 1.54) is 141 Å². The molecule has 8 nitrogen and oxygen atoms in total. The second-order valence-electron chi connectivity index (χ2n) is 15.4. The van der Waals surface area contributed by atoms with Gasteiger partial charge in [-0.25, -0.2) is 4.57 Å². The first-order chi connectivity index (χ1) is 23.6. The summed E-state index contributed by atoms with van der Waals surface area (Å²) in [4.78, 5) is 22.6. The number of rotatable bonds is 39. The zero-order chi connectivity index (χ0) is 36.3. The maximum absolute atomic E-state index is 12.5. The Morgan fingerprint density at radius 1 is 0.551 bits per heavy atom. The minimum Gasteiger partial charge on any atom is -0.457 e. The van der Waals surface area contributed by atoms with Crippen LogP contribution in [0.4, 0.5) is 0 Å². The summed E-state index contributed by atoms with van der Waals surface area (Å²) >= 11 is 0. The molecule has 49 heavy (non-hydrogen) atoms. The first-order valence-corrected chi connectivity index (χ1v) is 22.3. The molecule has 0 fully saturated rings. The van der Waals surface area contributed by atoms with E-state index in [1.807, 2.05) is 21.1 Å². The lowest BCUT2D eigenvalue weighted by molar-refractivity contribution is -0.870. The van der Waals surface area contributed by atoms with Crippen molar-refractivity contribution in [3.8, 4) is 0 Å². The highest BCUT2D eigenvalue weighted by Gasteiger charge is 2.26. The highest BCUT2D eigenvalue weighted by atomic mass is 31.2. The van der Waals surface area contributed by atoms with Crippen LogP contribution in [0.1, 0.15) is 194 Å². The van der Waals surface area contributed by atoms with Crippen LogP contribution in [0, 0.1) is 0 Å². The lowest BCUT2D eigenvalue weighted by Crippen LogP contribution is -2.37. The van der Waals surface area contributed by atoms with E-state index in [9.17, 15) is 14.3 Å². The summed E-state index contributed by atoms with van der Waals surface area (Å²) in [5.74, 6) is -0.319. The molecular formula is C40H83NO7P+. The van der Waals surface area contributed by atoms with Crippen LogP contribution in [0.15, 0.2) is 0 Å². The van der Waals surface area contributed by atoms with Crippen LogP contribution in [0.5, 0.6) is 0 Å². The van der Waals surface area contributed by atoms with Crippen molar-refractivity contribution in [1.82, 2.24) is 0 Å². The van der Waals surface area contributed by atoms with Crippen molar-refractivity contribution < 1.29 is 37.3 Å². The smallest absolute Gasteiger partial charge is 0.457 e. The fraction of sp³-hybridized carbons (Fsp3) is 0.975. The molecular weight excluding hydrogens is 637 g/mol. The van der Waals surface area contributed by atoms with Crippen molar-refractivity contribution in [2.75, 3.05) is 54.1 Å². The van der Waals surface area contributed by atoms with E-state index < -0.39 is 13.9 Å². The van der Waals surface area contributed by atoms with Crippen LogP contribution in [0.2, 0.25) is 0 Å². The molecule has 0 heterocycles. The molecule has 0 aromatic heterocycles. The Morgan fingerprint density at radius 3 is 1.35 bits per heavy atom. The SMILES string of the molecule is CCCCCCCCCCCCCCCCCCCCCCCOCC(COP(=O)(O)OCC[N+](C)(C)C)OC(=O)CCCCCCCC. The Bertz CT molecular complexity index is 761. The summed E-state index contributed by atoms with van der Waals surface area (Å²) < 4.78 is 34.7. The number of carbonyl (C=O) groups excluding carboxylic acids is 1. The van der Waals surface area contributed by atoms with Crippen LogP contribution in [0.25, 0.3) is 0 Å². The fourth-order valence-corrected chi connectivity index (χ4v) is 6.65. The molecule has 2 atom stereocenters. The van der Waals surface area contributed by atoms with E-state index in [-0.39, 0.29) is 25.8 Å². The molecule has 0 aromatic rings. The van der Waals surface area contributed by atoms with Crippen molar-refractivity contribution in [2.24, 2.45) is 0 Å². The number of quaternary nitrogens is 1. The number of phosphoric acid groups is 1. The predicted molar refractivity (Wildman–Crippen MR) is 206 cm³/mol. The lowest BCUT2D eigenvalue weighted by atomic mass is 10.0. The number of carbonyl (C=O) groups is 1. The van der Waals surface area contributed by atoms with Gasteiger partial charge in [-0.1, -0.05) is 174 Å². The van der Waals surface area contributed by atoms with Crippen LogP contribution >= 0.6 is 7.82 Å². The molecule has 2 unspecified atom stereocenters. The van der Waals surface area contributed by atoms with Crippen molar-refractivity contribution >= 4 is 13.8 Å². The molecule has 0 amide bonds. The number of ether oxygens (including phenoxy) is 2. The average molecular weight is 721 g/mol. The normalized spacial score (nSPS) is 13.8. The van der Waals surface area contributed by atoms with Gasteiger partial charge >= 0.3 is 13.8 Å². The van der Waals surface area contributed by atoms with E-state index in [0.717, 1.165) is 32.1 Å². The molecule has 1 N–H and O–H groups in total. The number of hydrogen-bond donors (Lipinski definition) is 1. The van der Waals surface area contributed by atoms with Crippen LogP contribution in [-0.4, -0.2) is 75.6 Å². The van der Waals surface area contributed by atoms with Crippen LogP contribution < -0.4 is 0 Å². The molecule has 0 aromatic carbocycles. The number of esters is 1. The fourth-order valence-electron chi connectivity index (χ4n) is 5.91. The minimum absolute atomic E-state index is 0.0930. The second-order valence-corrected chi connectivity index (χ2v) is 16.8. The van der Waals surface area contributed by atoms with E-state index >= 15 is 0 Å². The number of phosphoric ester groups is 1. The average Bonchev–Trinajstić information content (AvgIpc) is 3.04. The Morgan fingerprint density at radius 2 is 0.939 bits per heavy atom. The number of unbranched alkanes of at least 4 members (excludes halogenated alkanes) is 25. The molecule has 0 aliphatic heterocycles. The third kappa shape index (κ3) is 38.6. The molecule has 0 aliphatic carbocycles. The summed E-state index contributed by atoms with van der Waals surface area (Å²) in [7, 11) is 1.68. The Kier molecular flexibility index (Phi) is 34.2. The van der Waals surface area contributed by atoms with Gasteiger partial charge in [-0.2, -0.15) is 0 Å². The predicted octanol–water partition coefficient (Wildman–Crippen LogP) is 11.7. The molecule has 9 heteroatoms. The summed E-state index contributed by atoms with van der Waals surface area (Å²) in [6.07, 6.45) is 34.5. The molecule has 0 aliphatic rings. The van der Waals surface area contributed by atoms with E-state index in [1.54, 1.807) is 0 Å².